The van der Waals surface area contributed by atoms with Gasteiger partial charge in [-0.25, -0.2) is 0 Å². The summed E-state index contributed by atoms with van der Waals surface area (Å²) in [6.07, 6.45) is 1.13. The summed E-state index contributed by atoms with van der Waals surface area (Å²) in [5.41, 5.74) is 0.0518. The first-order chi connectivity index (χ1) is 8.96. The van der Waals surface area contributed by atoms with E-state index in [1.165, 1.54) is 10.8 Å². The van der Waals surface area contributed by atoms with Gasteiger partial charge in [0.05, 0.1) is 0 Å². The van der Waals surface area contributed by atoms with E-state index in [4.69, 9.17) is 16.3 Å². The Balaban J connectivity index is 1.85. The van der Waals surface area contributed by atoms with Crippen LogP contribution in [-0.2, 0) is 0 Å². The number of hydrogen-bond donors (Lipinski definition) is 0. The molecule has 0 amide bonds. The van der Waals surface area contributed by atoms with E-state index in [1.807, 2.05) is 12.1 Å². The van der Waals surface area contributed by atoms with Gasteiger partial charge in [-0.1, -0.05) is 41.9 Å². The minimum Gasteiger partial charge on any atom is -0.490 e. The maximum atomic E-state index is 6.23. The molecule has 2 atom stereocenters. The van der Waals surface area contributed by atoms with Crippen LogP contribution in [0.3, 0.4) is 0 Å². The molecule has 0 N–H and O–H groups in total. The average Bonchev–Trinajstić information content (AvgIpc) is 2.38. The maximum Gasteiger partial charge on any atom is 0.120 e. The standard InChI is InChI=1S/C16H16BrClO/c1-16(2)14(18)9-15(16)19-13-6-4-10-7-12(17)5-3-11(10)8-13/h3-8,14-15H,9H2,1-2H3. The summed E-state index contributed by atoms with van der Waals surface area (Å²) in [5.74, 6) is 0.927. The Morgan fingerprint density at radius 1 is 1.16 bits per heavy atom. The van der Waals surface area contributed by atoms with Gasteiger partial charge in [0.25, 0.3) is 0 Å². The monoisotopic (exact) mass is 338 g/mol. The number of benzene rings is 2. The fraction of sp³-hybridized carbons (Fsp3) is 0.375. The lowest BCUT2D eigenvalue weighted by molar-refractivity contribution is -0.0129. The second-order valence-electron chi connectivity index (χ2n) is 5.78. The fourth-order valence-electron chi connectivity index (χ4n) is 2.47. The Hall–Kier alpha value is -0.730. The third-order valence-corrected chi connectivity index (χ3v) is 5.34. The van der Waals surface area contributed by atoms with Crippen LogP contribution >= 0.6 is 27.5 Å². The Kier molecular flexibility index (Phi) is 3.26. The van der Waals surface area contributed by atoms with Gasteiger partial charge < -0.3 is 4.74 Å². The van der Waals surface area contributed by atoms with Crippen LogP contribution in [0.5, 0.6) is 5.75 Å². The van der Waals surface area contributed by atoms with E-state index < -0.39 is 0 Å². The summed E-state index contributed by atoms with van der Waals surface area (Å²) in [7, 11) is 0. The molecule has 3 rings (SSSR count). The minimum atomic E-state index is 0.0518. The van der Waals surface area contributed by atoms with Crippen molar-refractivity contribution < 1.29 is 4.74 Å². The van der Waals surface area contributed by atoms with Gasteiger partial charge in [0.2, 0.25) is 0 Å². The van der Waals surface area contributed by atoms with Crippen LogP contribution in [0, 0.1) is 5.41 Å². The van der Waals surface area contributed by atoms with Crippen LogP contribution in [0.15, 0.2) is 40.9 Å². The third kappa shape index (κ3) is 2.36. The summed E-state index contributed by atoms with van der Waals surface area (Å²) in [5, 5.41) is 2.62. The molecule has 0 radical (unpaired) electrons. The van der Waals surface area contributed by atoms with Crippen molar-refractivity contribution in [2.45, 2.75) is 31.7 Å². The van der Waals surface area contributed by atoms with E-state index in [0.29, 0.717) is 0 Å². The van der Waals surface area contributed by atoms with Gasteiger partial charge in [-0.3, -0.25) is 0 Å². The van der Waals surface area contributed by atoms with Crippen molar-refractivity contribution in [3.63, 3.8) is 0 Å². The molecule has 19 heavy (non-hydrogen) atoms. The van der Waals surface area contributed by atoms with Gasteiger partial charge in [-0.2, -0.15) is 0 Å². The highest BCUT2D eigenvalue weighted by molar-refractivity contribution is 9.10. The molecule has 100 valence electrons. The number of ether oxygens (including phenoxy) is 1. The Morgan fingerprint density at radius 3 is 2.53 bits per heavy atom. The topological polar surface area (TPSA) is 9.23 Å². The van der Waals surface area contributed by atoms with Gasteiger partial charge in [0, 0.05) is 21.7 Å². The predicted octanol–water partition coefficient (Wildman–Crippen LogP) is 5.39. The second-order valence-corrected chi connectivity index (χ2v) is 7.23. The van der Waals surface area contributed by atoms with Crippen LogP contribution in [0.25, 0.3) is 10.8 Å². The lowest BCUT2D eigenvalue weighted by atomic mass is 9.68. The van der Waals surface area contributed by atoms with Gasteiger partial charge in [0.15, 0.2) is 0 Å². The number of rotatable bonds is 2. The van der Waals surface area contributed by atoms with E-state index in [2.05, 4.69) is 54.0 Å². The largest absolute Gasteiger partial charge is 0.490 e. The van der Waals surface area contributed by atoms with Crippen molar-refractivity contribution in [1.82, 2.24) is 0 Å². The zero-order valence-electron chi connectivity index (χ0n) is 11.0. The molecule has 0 spiro atoms. The number of hydrogen-bond acceptors (Lipinski definition) is 1. The molecule has 1 aliphatic rings. The van der Waals surface area contributed by atoms with Crippen LogP contribution < -0.4 is 4.74 Å². The Labute approximate surface area is 127 Å². The van der Waals surface area contributed by atoms with Crippen molar-refractivity contribution in [3.8, 4) is 5.75 Å². The maximum absolute atomic E-state index is 6.23. The molecule has 3 heteroatoms. The Morgan fingerprint density at radius 2 is 1.84 bits per heavy atom. The Bertz CT molecular complexity index is 623. The first-order valence-electron chi connectivity index (χ1n) is 6.47. The second kappa shape index (κ2) is 4.68. The zero-order valence-corrected chi connectivity index (χ0v) is 13.3. The van der Waals surface area contributed by atoms with E-state index in [1.54, 1.807) is 0 Å². The smallest absolute Gasteiger partial charge is 0.120 e. The van der Waals surface area contributed by atoms with Crippen LogP contribution in [0.4, 0.5) is 0 Å². The van der Waals surface area contributed by atoms with Crippen molar-refractivity contribution in [1.29, 1.82) is 0 Å². The summed E-state index contributed by atoms with van der Waals surface area (Å²) < 4.78 is 7.17. The van der Waals surface area contributed by atoms with Crippen LogP contribution in [-0.4, -0.2) is 11.5 Å². The molecule has 1 saturated carbocycles. The molecule has 1 aliphatic carbocycles. The lowest BCUT2D eigenvalue weighted by Crippen LogP contribution is -2.53. The number of halogens is 2. The summed E-state index contributed by atoms with van der Waals surface area (Å²) >= 11 is 9.72. The van der Waals surface area contributed by atoms with E-state index in [-0.39, 0.29) is 16.9 Å². The van der Waals surface area contributed by atoms with Crippen molar-refractivity contribution in [2.75, 3.05) is 0 Å². The van der Waals surface area contributed by atoms with Crippen molar-refractivity contribution in [2.24, 2.45) is 5.41 Å². The van der Waals surface area contributed by atoms with Crippen molar-refractivity contribution in [3.05, 3.63) is 40.9 Å². The molecule has 0 aromatic heterocycles. The summed E-state index contributed by atoms with van der Waals surface area (Å²) in [4.78, 5) is 0. The predicted molar refractivity (Wildman–Crippen MR) is 84.1 cm³/mol. The number of alkyl halides is 1. The third-order valence-electron chi connectivity index (χ3n) is 4.11. The highest BCUT2D eigenvalue weighted by atomic mass is 79.9. The summed E-state index contributed by atoms with van der Waals surface area (Å²) in [6, 6.07) is 12.5. The highest BCUT2D eigenvalue weighted by Gasteiger charge is 2.49. The van der Waals surface area contributed by atoms with Gasteiger partial charge in [-0.05, 0) is 35.0 Å². The molecule has 0 heterocycles. The molecule has 2 aromatic carbocycles. The van der Waals surface area contributed by atoms with E-state index >= 15 is 0 Å². The first-order valence-corrected chi connectivity index (χ1v) is 7.70. The molecule has 0 aliphatic heterocycles. The average molecular weight is 340 g/mol. The molecule has 0 bridgehead atoms. The van der Waals surface area contributed by atoms with Gasteiger partial charge >= 0.3 is 0 Å². The number of fused-ring (bicyclic) bond motifs is 1. The molecule has 2 unspecified atom stereocenters. The molecule has 1 nitrogen and oxygen atoms in total. The highest BCUT2D eigenvalue weighted by Crippen LogP contribution is 2.46. The van der Waals surface area contributed by atoms with Gasteiger partial charge in [0.1, 0.15) is 11.9 Å². The fourth-order valence-corrected chi connectivity index (χ4v) is 3.15. The normalized spacial score (nSPS) is 25.1. The lowest BCUT2D eigenvalue weighted by Gasteiger charge is -2.48. The van der Waals surface area contributed by atoms with Crippen LogP contribution in [0.1, 0.15) is 20.3 Å². The molecular formula is C16H16BrClO. The van der Waals surface area contributed by atoms with E-state index in [0.717, 1.165) is 16.6 Å². The summed E-state index contributed by atoms with van der Waals surface area (Å²) in [6.45, 7) is 4.33. The van der Waals surface area contributed by atoms with Gasteiger partial charge in [-0.15, -0.1) is 11.6 Å². The SMILES string of the molecule is CC1(C)C(Cl)CC1Oc1ccc2cc(Br)ccc2c1. The minimum absolute atomic E-state index is 0.0518. The quantitative estimate of drug-likeness (QED) is 0.667. The van der Waals surface area contributed by atoms with E-state index in [9.17, 15) is 0 Å². The molecule has 0 saturated heterocycles. The molecular weight excluding hydrogens is 324 g/mol. The molecule has 1 fully saturated rings. The molecule has 2 aromatic rings. The first kappa shape index (κ1) is 13.3. The zero-order chi connectivity index (χ0) is 13.6. The van der Waals surface area contributed by atoms with Crippen molar-refractivity contribution >= 4 is 38.3 Å². The van der Waals surface area contributed by atoms with Crippen LogP contribution in [0.2, 0.25) is 0 Å².